The molecule has 0 heterocycles. The summed E-state index contributed by atoms with van der Waals surface area (Å²) in [6.07, 6.45) is 9.73. The van der Waals surface area contributed by atoms with Gasteiger partial charge in [-0.05, 0) is 44.2 Å². The molecule has 1 saturated carbocycles. The van der Waals surface area contributed by atoms with E-state index in [0.717, 1.165) is 5.92 Å². The Morgan fingerprint density at radius 3 is 2.65 bits per heavy atom. The number of hydrogen-bond donors (Lipinski definition) is 1. The van der Waals surface area contributed by atoms with Crippen molar-refractivity contribution >= 4 is 0 Å². The van der Waals surface area contributed by atoms with Crippen molar-refractivity contribution in [2.75, 3.05) is 26.7 Å². The van der Waals surface area contributed by atoms with E-state index < -0.39 is 0 Å². The fourth-order valence-electron chi connectivity index (χ4n) is 3.83. The molecule has 20 heavy (non-hydrogen) atoms. The number of nitrogens with zero attached hydrogens (tertiary/aromatic N) is 1. The van der Waals surface area contributed by atoms with Crippen molar-refractivity contribution in [3.05, 3.63) is 0 Å². The average Bonchev–Trinajstić information content (AvgIpc) is 2.37. The van der Waals surface area contributed by atoms with Gasteiger partial charge in [-0.2, -0.15) is 0 Å². The molecule has 0 radical (unpaired) electrons. The van der Waals surface area contributed by atoms with Crippen molar-refractivity contribution in [3.8, 4) is 0 Å². The molecule has 1 aliphatic rings. The lowest BCUT2D eigenvalue weighted by Gasteiger charge is -2.43. The second kappa shape index (κ2) is 9.04. The standard InChI is InChI=1S/C18H38N2/c1-6-7-8-12-20(5)15-18(14-19-16(2)3)11-9-10-17(4)13-18/h16-17,19H,6-15H2,1-5H3. The highest BCUT2D eigenvalue weighted by Gasteiger charge is 2.35. The highest BCUT2D eigenvalue weighted by molar-refractivity contribution is 4.89. The minimum Gasteiger partial charge on any atom is -0.314 e. The summed E-state index contributed by atoms with van der Waals surface area (Å²) < 4.78 is 0. The lowest BCUT2D eigenvalue weighted by atomic mass is 9.69. The van der Waals surface area contributed by atoms with Gasteiger partial charge in [0.25, 0.3) is 0 Å². The maximum Gasteiger partial charge on any atom is 0.00472 e. The summed E-state index contributed by atoms with van der Waals surface area (Å²) in [6, 6.07) is 0.606. The topological polar surface area (TPSA) is 15.3 Å². The molecule has 2 atom stereocenters. The maximum atomic E-state index is 3.72. The molecular formula is C18H38N2. The molecule has 0 aromatic heterocycles. The summed E-state index contributed by atoms with van der Waals surface area (Å²) in [6.45, 7) is 13.0. The summed E-state index contributed by atoms with van der Waals surface area (Å²) in [7, 11) is 2.33. The monoisotopic (exact) mass is 282 g/mol. The number of hydrogen-bond acceptors (Lipinski definition) is 2. The molecule has 0 aromatic carbocycles. The first kappa shape index (κ1) is 18.0. The molecule has 0 amide bonds. The van der Waals surface area contributed by atoms with Gasteiger partial charge in [0.2, 0.25) is 0 Å². The molecule has 0 saturated heterocycles. The lowest BCUT2D eigenvalue weighted by molar-refractivity contribution is 0.0890. The highest BCUT2D eigenvalue weighted by atomic mass is 15.1. The first-order valence-corrected chi connectivity index (χ1v) is 8.89. The van der Waals surface area contributed by atoms with Crippen molar-refractivity contribution in [2.45, 2.75) is 78.7 Å². The van der Waals surface area contributed by atoms with Crippen LogP contribution in [0.5, 0.6) is 0 Å². The van der Waals surface area contributed by atoms with E-state index in [2.05, 4.69) is 45.0 Å². The third-order valence-corrected chi connectivity index (χ3v) is 4.82. The van der Waals surface area contributed by atoms with Crippen molar-refractivity contribution in [3.63, 3.8) is 0 Å². The van der Waals surface area contributed by atoms with Gasteiger partial charge < -0.3 is 10.2 Å². The van der Waals surface area contributed by atoms with Crippen molar-refractivity contribution < 1.29 is 0 Å². The fraction of sp³-hybridized carbons (Fsp3) is 1.00. The Morgan fingerprint density at radius 1 is 1.30 bits per heavy atom. The zero-order chi connectivity index (χ0) is 15.0. The van der Waals surface area contributed by atoms with Crippen LogP contribution < -0.4 is 5.32 Å². The first-order valence-electron chi connectivity index (χ1n) is 8.89. The summed E-state index contributed by atoms with van der Waals surface area (Å²) in [5.41, 5.74) is 0.517. The molecule has 2 heteroatoms. The van der Waals surface area contributed by atoms with E-state index in [-0.39, 0.29) is 0 Å². The van der Waals surface area contributed by atoms with E-state index in [1.807, 2.05) is 0 Å². The van der Waals surface area contributed by atoms with Gasteiger partial charge in [0, 0.05) is 19.1 Å². The maximum absolute atomic E-state index is 3.72. The molecule has 0 aliphatic heterocycles. The Kier molecular flexibility index (Phi) is 8.13. The van der Waals surface area contributed by atoms with Gasteiger partial charge in [-0.25, -0.2) is 0 Å². The molecule has 2 unspecified atom stereocenters. The lowest BCUT2D eigenvalue weighted by Crippen LogP contribution is -2.47. The minimum absolute atomic E-state index is 0.517. The summed E-state index contributed by atoms with van der Waals surface area (Å²) >= 11 is 0. The van der Waals surface area contributed by atoms with Gasteiger partial charge in [-0.3, -0.25) is 0 Å². The quantitative estimate of drug-likeness (QED) is 0.634. The predicted octanol–water partition coefficient (Wildman–Crippen LogP) is 4.30. The summed E-state index contributed by atoms with van der Waals surface area (Å²) in [4.78, 5) is 2.59. The molecule has 1 N–H and O–H groups in total. The van der Waals surface area contributed by atoms with Gasteiger partial charge >= 0.3 is 0 Å². The van der Waals surface area contributed by atoms with E-state index in [0.29, 0.717) is 11.5 Å². The average molecular weight is 283 g/mol. The van der Waals surface area contributed by atoms with Crippen LogP contribution in [0.2, 0.25) is 0 Å². The van der Waals surface area contributed by atoms with Crippen LogP contribution in [0.4, 0.5) is 0 Å². The Morgan fingerprint density at radius 2 is 2.05 bits per heavy atom. The minimum atomic E-state index is 0.517. The summed E-state index contributed by atoms with van der Waals surface area (Å²) in [5.74, 6) is 0.904. The Bertz CT molecular complexity index is 252. The molecule has 0 spiro atoms. The van der Waals surface area contributed by atoms with Crippen LogP contribution in [0.3, 0.4) is 0 Å². The predicted molar refractivity (Wildman–Crippen MR) is 90.2 cm³/mol. The van der Waals surface area contributed by atoms with Gasteiger partial charge in [0.05, 0.1) is 0 Å². The third kappa shape index (κ3) is 6.58. The van der Waals surface area contributed by atoms with Gasteiger partial charge in [-0.1, -0.05) is 53.4 Å². The molecule has 0 bridgehead atoms. The molecule has 1 aliphatic carbocycles. The highest BCUT2D eigenvalue weighted by Crippen LogP contribution is 2.39. The smallest absolute Gasteiger partial charge is 0.00472 e. The fourth-order valence-corrected chi connectivity index (χ4v) is 3.83. The molecule has 2 nitrogen and oxygen atoms in total. The van der Waals surface area contributed by atoms with Crippen LogP contribution >= 0.6 is 0 Å². The van der Waals surface area contributed by atoms with Crippen LogP contribution in [0, 0.1) is 11.3 Å². The SMILES string of the molecule is CCCCCN(C)CC1(CNC(C)C)CCCC(C)C1. The van der Waals surface area contributed by atoms with E-state index in [1.165, 1.54) is 64.6 Å². The van der Waals surface area contributed by atoms with Crippen LogP contribution in [0.15, 0.2) is 0 Å². The largest absolute Gasteiger partial charge is 0.314 e. The normalized spacial score (nSPS) is 27.4. The Labute approximate surface area is 127 Å². The van der Waals surface area contributed by atoms with E-state index >= 15 is 0 Å². The first-order chi connectivity index (χ1) is 9.47. The zero-order valence-electron chi connectivity index (χ0n) is 14.7. The van der Waals surface area contributed by atoms with Gasteiger partial charge in [-0.15, -0.1) is 0 Å². The third-order valence-electron chi connectivity index (χ3n) is 4.82. The van der Waals surface area contributed by atoms with Gasteiger partial charge in [0.1, 0.15) is 0 Å². The molecule has 0 aromatic rings. The summed E-state index contributed by atoms with van der Waals surface area (Å²) in [5, 5.41) is 3.72. The number of nitrogens with one attached hydrogen (secondary N) is 1. The zero-order valence-corrected chi connectivity index (χ0v) is 14.7. The second-order valence-corrected chi connectivity index (χ2v) is 7.68. The molecule has 120 valence electrons. The van der Waals surface area contributed by atoms with Crippen molar-refractivity contribution in [1.29, 1.82) is 0 Å². The molecular weight excluding hydrogens is 244 g/mol. The van der Waals surface area contributed by atoms with E-state index in [9.17, 15) is 0 Å². The van der Waals surface area contributed by atoms with E-state index in [4.69, 9.17) is 0 Å². The van der Waals surface area contributed by atoms with E-state index in [1.54, 1.807) is 0 Å². The van der Waals surface area contributed by atoms with Crippen molar-refractivity contribution in [2.24, 2.45) is 11.3 Å². The Hall–Kier alpha value is -0.0800. The van der Waals surface area contributed by atoms with Crippen LogP contribution in [-0.4, -0.2) is 37.6 Å². The van der Waals surface area contributed by atoms with Gasteiger partial charge in [0.15, 0.2) is 0 Å². The van der Waals surface area contributed by atoms with Crippen LogP contribution in [-0.2, 0) is 0 Å². The molecule has 1 rings (SSSR count). The van der Waals surface area contributed by atoms with Crippen LogP contribution in [0.25, 0.3) is 0 Å². The Balaban J connectivity index is 2.52. The second-order valence-electron chi connectivity index (χ2n) is 7.68. The van der Waals surface area contributed by atoms with Crippen molar-refractivity contribution in [1.82, 2.24) is 10.2 Å². The van der Waals surface area contributed by atoms with Crippen LogP contribution in [0.1, 0.15) is 72.6 Å². The molecule has 1 fully saturated rings. The number of unbranched alkanes of at least 4 members (excludes halogenated alkanes) is 2. The number of rotatable bonds is 9.